The van der Waals surface area contributed by atoms with Crippen LogP contribution in [-0.4, -0.2) is 6.26 Å². The van der Waals surface area contributed by atoms with Crippen LogP contribution in [-0.2, 0) is 4.57 Å². The molecule has 2 unspecified atom stereocenters. The van der Waals surface area contributed by atoms with Gasteiger partial charge < -0.3 is 5.09 Å². The van der Waals surface area contributed by atoms with Gasteiger partial charge in [-0.1, -0.05) is 59.9 Å². The first-order chi connectivity index (χ1) is 9.63. The second-order valence-electron chi connectivity index (χ2n) is 4.47. The van der Waals surface area contributed by atoms with Gasteiger partial charge in [0, 0.05) is 11.7 Å². The van der Waals surface area contributed by atoms with E-state index in [9.17, 15) is 4.57 Å². The van der Waals surface area contributed by atoms with Crippen LogP contribution in [0.15, 0.2) is 60.7 Å². The average molecular weight is 306 g/mol. The molecule has 0 saturated heterocycles. The van der Waals surface area contributed by atoms with Crippen molar-refractivity contribution in [3.8, 4) is 0 Å². The fourth-order valence-electron chi connectivity index (χ4n) is 1.88. The Morgan fingerprint density at radius 1 is 1.00 bits per heavy atom. The number of anilines is 1. The van der Waals surface area contributed by atoms with Gasteiger partial charge in [0.1, 0.15) is 0 Å². The second kappa shape index (κ2) is 6.98. The first-order valence-corrected chi connectivity index (χ1v) is 9.98. The fourth-order valence-corrected chi connectivity index (χ4v) is 4.67. The minimum atomic E-state index is -2.73. The van der Waals surface area contributed by atoms with E-state index in [1.54, 1.807) is 0 Å². The number of hydrogen-bond donors (Lipinski definition) is 2. The third-order valence-electron chi connectivity index (χ3n) is 2.97. The summed E-state index contributed by atoms with van der Waals surface area (Å²) >= 11 is 1.32. The predicted octanol–water partition coefficient (Wildman–Crippen LogP) is 4.92. The van der Waals surface area contributed by atoms with Crippen molar-refractivity contribution in [3.05, 3.63) is 66.2 Å². The van der Waals surface area contributed by atoms with E-state index in [0.717, 1.165) is 11.3 Å². The van der Waals surface area contributed by atoms with Crippen LogP contribution in [0, 0.1) is 0 Å². The molecule has 5 heteroatoms. The zero-order valence-electron chi connectivity index (χ0n) is 11.6. The minimum Gasteiger partial charge on any atom is -0.317 e. The molecule has 0 aromatic heterocycles. The van der Waals surface area contributed by atoms with E-state index in [-0.39, 0.29) is 6.04 Å². The molecule has 0 aliphatic heterocycles. The Labute approximate surface area is 124 Å². The first kappa shape index (κ1) is 15.2. The van der Waals surface area contributed by atoms with E-state index in [2.05, 4.69) is 10.2 Å². The summed E-state index contributed by atoms with van der Waals surface area (Å²) in [6.45, 7) is -0.708. The molecule has 0 saturated carbocycles. The molecule has 0 spiro atoms. The number of rotatable bonds is 6. The average Bonchev–Trinajstić information content (AvgIpc) is 2.49. The van der Waals surface area contributed by atoms with Gasteiger partial charge in [-0.15, -0.1) is 0 Å². The standard InChI is InChI=1S/C15H19N2OPS/c1-13(14-9-5-3-6-10-14)16-19(18,20-2)17-15-11-7-4-8-12-15/h3-13H,1-2H3,(H2,16,17,18). The zero-order chi connectivity index (χ0) is 14.4. The predicted molar refractivity (Wildman–Crippen MR) is 89.2 cm³/mol. The van der Waals surface area contributed by atoms with Crippen LogP contribution < -0.4 is 10.2 Å². The molecule has 0 aliphatic carbocycles. The first-order valence-electron chi connectivity index (χ1n) is 6.45. The van der Waals surface area contributed by atoms with Crippen LogP contribution in [0.2, 0.25) is 0 Å². The molecule has 2 rings (SSSR count). The van der Waals surface area contributed by atoms with Gasteiger partial charge in [-0.2, -0.15) is 0 Å². The molecule has 0 heterocycles. The second-order valence-corrected chi connectivity index (χ2v) is 9.06. The van der Waals surface area contributed by atoms with E-state index in [0.29, 0.717) is 0 Å². The third-order valence-corrected chi connectivity index (χ3v) is 6.90. The monoisotopic (exact) mass is 306 g/mol. The summed E-state index contributed by atoms with van der Waals surface area (Å²) in [6, 6.07) is 19.7. The largest absolute Gasteiger partial charge is 0.317 e. The fraction of sp³-hybridized carbons (Fsp3) is 0.200. The van der Waals surface area contributed by atoms with Gasteiger partial charge in [0.05, 0.1) is 0 Å². The Morgan fingerprint density at radius 2 is 1.55 bits per heavy atom. The lowest BCUT2D eigenvalue weighted by Crippen LogP contribution is -2.18. The van der Waals surface area contributed by atoms with Crippen molar-refractivity contribution in [2.24, 2.45) is 0 Å². The maximum absolute atomic E-state index is 12.9. The maximum atomic E-state index is 12.9. The lowest BCUT2D eigenvalue weighted by Gasteiger charge is -2.23. The van der Waals surface area contributed by atoms with Crippen molar-refractivity contribution in [2.75, 3.05) is 11.3 Å². The molecule has 0 bridgehead atoms. The topological polar surface area (TPSA) is 41.1 Å². The number of hydrogen-bond acceptors (Lipinski definition) is 2. The molecule has 106 valence electrons. The number of para-hydroxylation sites is 1. The molecule has 0 amide bonds. The van der Waals surface area contributed by atoms with Crippen LogP contribution in [0.1, 0.15) is 18.5 Å². The Hall–Kier alpha value is -1.22. The van der Waals surface area contributed by atoms with Gasteiger partial charge in [0.2, 0.25) is 0 Å². The molecule has 0 aliphatic rings. The van der Waals surface area contributed by atoms with Crippen molar-refractivity contribution in [2.45, 2.75) is 13.0 Å². The third kappa shape index (κ3) is 4.14. The normalized spacial score (nSPS) is 15.3. The van der Waals surface area contributed by atoms with E-state index < -0.39 is 6.65 Å². The van der Waals surface area contributed by atoms with E-state index in [1.807, 2.05) is 73.8 Å². The molecule has 0 fully saturated rings. The highest BCUT2D eigenvalue weighted by Gasteiger charge is 2.23. The lowest BCUT2D eigenvalue weighted by atomic mass is 10.1. The molecule has 0 radical (unpaired) electrons. The summed E-state index contributed by atoms with van der Waals surface area (Å²) in [5.74, 6) is 0. The Bertz CT molecular complexity index is 577. The highest BCUT2D eigenvalue weighted by molar-refractivity contribution is 8.57. The quantitative estimate of drug-likeness (QED) is 0.743. The van der Waals surface area contributed by atoms with Gasteiger partial charge in [0.25, 0.3) is 6.65 Å². The maximum Gasteiger partial charge on any atom is 0.290 e. The smallest absolute Gasteiger partial charge is 0.290 e. The summed E-state index contributed by atoms with van der Waals surface area (Å²) in [7, 11) is 0. The summed E-state index contributed by atoms with van der Waals surface area (Å²) in [6.07, 6.45) is 1.85. The highest BCUT2D eigenvalue weighted by Crippen LogP contribution is 2.54. The van der Waals surface area contributed by atoms with Crippen molar-refractivity contribution < 1.29 is 4.57 Å². The summed E-state index contributed by atoms with van der Waals surface area (Å²) in [5.41, 5.74) is 1.98. The van der Waals surface area contributed by atoms with E-state index >= 15 is 0 Å². The molecular weight excluding hydrogens is 287 g/mol. The molecule has 2 atom stereocenters. The van der Waals surface area contributed by atoms with Gasteiger partial charge in [-0.05, 0) is 30.9 Å². The van der Waals surface area contributed by atoms with Crippen LogP contribution in [0.4, 0.5) is 5.69 Å². The summed E-state index contributed by atoms with van der Waals surface area (Å²) in [5, 5.41) is 6.33. The molecular formula is C15H19N2OPS. The Balaban J connectivity index is 2.10. The van der Waals surface area contributed by atoms with Gasteiger partial charge >= 0.3 is 0 Å². The van der Waals surface area contributed by atoms with Gasteiger partial charge in [-0.3, -0.25) is 4.57 Å². The molecule has 2 aromatic carbocycles. The zero-order valence-corrected chi connectivity index (χ0v) is 13.3. The summed E-state index contributed by atoms with van der Waals surface area (Å²) < 4.78 is 12.9. The van der Waals surface area contributed by atoms with Crippen molar-refractivity contribution in [3.63, 3.8) is 0 Å². The molecule has 3 nitrogen and oxygen atoms in total. The van der Waals surface area contributed by atoms with Crippen LogP contribution in [0.3, 0.4) is 0 Å². The van der Waals surface area contributed by atoms with Crippen LogP contribution in [0.5, 0.6) is 0 Å². The number of nitrogens with one attached hydrogen (secondary N) is 2. The molecule has 20 heavy (non-hydrogen) atoms. The Kier molecular flexibility index (Phi) is 5.30. The number of benzene rings is 2. The van der Waals surface area contributed by atoms with Crippen LogP contribution >= 0.6 is 18.0 Å². The van der Waals surface area contributed by atoms with Crippen LogP contribution in [0.25, 0.3) is 0 Å². The highest BCUT2D eigenvalue weighted by atomic mass is 32.7. The SMILES string of the molecule is CSP(=O)(Nc1ccccc1)NC(C)c1ccccc1. The summed E-state index contributed by atoms with van der Waals surface area (Å²) in [4.78, 5) is 0. The lowest BCUT2D eigenvalue weighted by molar-refractivity contribution is 0.569. The van der Waals surface area contributed by atoms with Gasteiger partial charge in [-0.25, -0.2) is 5.09 Å². The van der Waals surface area contributed by atoms with Crippen molar-refractivity contribution >= 4 is 23.7 Å². The van der Waals surface area contributed by atoms with E-state index in [4.69, 9.17) is 0 Å². The molecule has 2 N–H and O–H groups in total. The minimum absolute atomic E-state index is 0.0192. The van der Waals surface area contributed by atoms with Crippen molar-refractivity contribution in [1.29, 1.82) is 0 Å². The van der Waals surface area contributed by atoms with Crippen molar-refractivity contribution in [1.82, 2.24) is 5.09 Å². The molecule has 2 aromatic rings. The Morgan fingerprint density at radius 3 is 2.10 bits per heavy atom. The van der Waals surface area contributed by atoms with E-state index in [1.165, 1.54) is 11.4 Å². The van der Waals surface area contributed by atoms with Gasteiger partial charge in [0.15, 0.2) is 0 Å².